The van der Waals surface area contributed by atoms with Gasteiger partial charge in [0.1, 0.15) is 12.1 Å². The van der Waals surface area contributed by atoms with E-state index in [0.717, 1.165) is 6.42 Å². The first kappa shape index (κ1) is 13.6. The number of aryl methyl sites for hydroxylation is 1. The van der Waals surface area contributed by atoms with Crippen LogP contribution in [0.4, 0.5) is 0 Å². The van der Waals surface area contributed by atoms with Crippen LogP contribution in [0.3, 0.4) is 0 Å². The molecule has 2 amide bonds. The Kier molecular flexibility index (Phi) is 3.88. The Morgan fingerprint density at radius 3 is 2.58 bits per heavy atom. The Balaban J connectivity index is 2.07. The van der Waals surface area contributed by atoms with E-state index in [2.05, 4.69) is 24.4 Å². The molecule has 1 N–H and O–H groups in total. The average Bonchev–Trinajstić information content (AvgIpc) is 2.38. The smallest absolute Gasteiger partial charge is 0.245 e. The van der Waals surface area contributed by atoms with Gasteiger partial charge in [0.25, 0.3) is 0 Å². The Morgan fingerprint density at radius 1 is 1.21 bits per heavy atom. The van der Waals surface area contributed by atoms with E-state index in [0.29, 0.717) is 6.54 Å². The number of rotatable bonds is 3. The predicted octanol–water partition coefficient (Wildman–Crippen LogP) is 1.27. The standard InChI is InChI=1S/C15H20N2O2/c1-10-6-4-5-7-13(10)8-9-17-12(3)14(18)16-11(2)15(17)19/h4-7,11-12H,8-9H2,1-3H3,(H,16,18). The molecule has 1 heterocycles. The molecule has 1 aliphatic heterocycles. The summed E-state index contributed by atoms with van der Waals surface area (Å²) in [6.45, 7) is 6.15. The van der Waals surface area contributed by atoms with Crippen LogP contribution in [0.5, 0.6) is 0 Å². The van der Waals surface area contributed by atoms with Gasteiger partial charge in [-0.2, -0.15) is 0 Å². The van der Waals surface area contributed by atoms with E-state index in [1.165, 1.54) is 11.1 Å². The van der Waals surface area contributed by atoms with E-state index in [1.54, 1.807) is 18.7 Å². The second-order valence-corrected chi connectivity index (χ2v) is 5.11. The minimum absolute atomic E-state index is 0.000634. The van der Waals surface area contributed by atoms with Crippen LogP contribution in [-0.4, -0.2) is 35.3 Å². The van der Waals surface area contributed by atoms with E-state index in [-0.39, 0.29) is 17.9 Å². The molecule has 4 nitrogen and oxygen atoms in total. The fraction of sp³-hybridized carbons (Fsp3) is 0.467. The minimum atomic E-state index is -0.416. The molecule has 0 aliphatic carbocycles. The second kappa shape index (κ2) is 5.43. The quantitative estimate of drug-likeness (QED) is 0.890. The third-order valence-electron chi connectivity index (χ3n) is 3.74. The van der Waals surface area contributed by atoms with Crippen LogP contribution in [-0.2, 0) is 16.0 Å². The van der Waals surface area contributed by atoms with Crippen molar-refractivity contribution in [3.63, 3.8) is 0 Å². The zero-order valence-electron chi connectivity index (χ0n) is 11.6. The fourth-order valence-electron chi connectivity index (χ4n) is 2.41. The van der Waals surface area contributed by atoms with Crippen molar-refractivity contribution in [2.24, 2.45) is 0 Å². The van der Waals surface area contributed by atoms with Gasteiger partial charge >= 0.3 is 0 Å². The number of piperazine rings is 1. The molecule has 4 heteroatoms. The highest BCUT2D eigenvalue weighted by atomic mass is 16.2. The largest absolute Gasteiger partial charge is 0.343 e. The average molecular weight is 260 g/mol. The summed E-state index contributed by atoms with van der Waals surface area (Å²) in [5, 5.41) is 2.69. The Bertz CT molecular complexity index is 499. The minimum Gasteiger partial charge on any atom is -0.343 e. The van der Waals surface area contributed by atoms with Crippen molar-refractivity contribution >= 4 is 11.8 Å². The maximum atomic E-state index is 12.1. The molecular formula is C15H20N2O2. The van der Waals surface area contributed by atoms with E-state index in [1.807, 2.05) is 12.1 Å². The summed E-state index contributed by atoms with van der Waals surface area (Å²) >= 11 is 0. The fourth-order valence-corrected chi connectivity index (χ4v) is 2.41. The summed E-state index contributed by atoms with van der Waals surface area (Å²) in [4.78, 5) is 25.5. The van der Waals surface area contributed by atoms with E-state index < -0.39 is 6.04 Å². The monoisotopic (exact) mass is 260 g/mol. The molecule has 1 fully saturated rings. The number of hydrogen-bond acceptors (Lipinski definition) is 2. The van der Waals surface area contributed by atoms with E-state index in [9.17, 15) is 9.59 Å². The normalized spacial score (nSPS) is 23.4. The van der Waals surface area contributed by atoms with E-state index in [4.69, 9.17) is 0 Å². The van der Waals surface area contributed by atoms with Crippen molar-refractivity contribution in [3.8, 4) is 0 Å². The lowest BCUT2D eigenvalue weighted by Crippen LogP contribution is -2.61. The molecular weight excluding hydrogens is 240 g/mol. The Morgan fingerprint density at radius 2 is 1.89 bits per heavy atom. The second-order valence-electron chi connectivity index (χ2n) is 5.11. The molecule has 0 saturated carbocycles. The zero-order chi connectivity index (χ0) is 14.0. The number of carbonyl (C=O) groups is 2. The molecule has 0 aromatic heterocycles. The molecule has 102 valence electrons. The molecule has 1 aromatic carbocycles. The summed E-state index contributed by atoms with van der Waals surface area (Å²) in [7, 11) is 0. The number of carbonyl (C=O) groups excluding carboxylic acids is 2. The van der Waals surface area contributed by atoms with E-state index >= 15 is 0 Å². The van der Waals surface area contributed by atoms with Gasteiger partial charge in [-0.05, 0) is 38.3 Å². The van der Waals surface area contributed by atoms with Crippen molar-refractivity contribution in [1.29, 1.82) is 0 Å². The SMILES string of the molecule is Cc1ccccc1CCN1C(=O)C(C)NC(=O)C1C. The van der Waals surface area contributed by atoms with Crippen molar-refractivity contribution in [1.82, 2.24) is 10.2 Å². The summed E-state index contributed by atoms with van der Waals surface area (Å²) in [6.07, 6.45) is 0.781. The highest BCUT2D eigenvalue weighted by Gasteiger charge is 2.35. The molecule has 2 rings (SSSR count). The number of benzene rings is 1. The number of nitrogens with zero attached hydrogens (tertiary/aromatic N) is 1. The lowest BCUT2D eigenvalue weighted by atomic mass is 10.0. The Labute approximate surface area is 113 Å². The van der Waals surface area contributed by atoms with Crippen LogP contribution < -0.4 is 5.32 Å². The third kappa shape index (κ3) is 2.78. The number of hydrogen-bond donors (Lipinski definition) is 1. The molecule has 2 atom stereocenters. The number of amides is 2. The van der Waals surface area contributed by atoms with Gasteiger partial charge in [0.05, 0.1) is 0 Å². The maximum Gasteiger partial charge on any atom is 0.245 e. The molecule has 0 radical (unpaired) electrons. The first-order chi connectivity index (χ1) is 9.00. The lowest BCUT2D eigenvalue weighted by molar-refractivity contribution is -0.148. The van der Waals surface area contributed by atoms with Crippen molar-refractivity contribution in [2.45, 2.75) is 39.3 Å². The van der Waals surface area contributed by atoms with Gasteiger partial charge in [0.2, 0.25) is 11.8 Å². The highest BCUT2D eigenvalue weighted by Crippen LogP contribution is 2.13. The van der Waals surface area contributed by atoms with Crippen LogP contribution in [0.15, 0.2) is 24.3 Å². The van der Waals surface area contributed by atoms with Crippen molar-refractivity contribution in [3.05, 3.63) is 35.4 Å². The predicted molar refractivity (Wildman–Crippen MR) is 73.7 cm³/mol. The van der Waals surface area contributed by atoms with Gasteiger partial charge in [-0.25, -0.2) is 0 Å². The van der Waals surface area contributed by atoms with Gasteiger partial charge in [-0.1, -0.05) is 24.3 Å². The Hall–Kier alpha value is -1.84. The molecule has 0 bridgehead atoms. The van der Waals surface area contributed by atoms with Crippen LogP contribution in [0.25, 0.3) is 0 Å². The van der Waals surface area contributed by atoms with Crippen molar-refractivity contribution in [2.75, 3.05) is 6.54 Å². The molecule has 2 unspecified atom stereocenters. The van der Waals surface area contributed by atoms with Gasteiger partial charge in [0.15, 0.2) is 0 Å². The van der Waals surface area contributed by atoms with Crippen LogP contribution in [0, 0.1) is 6.92 Å². The summed E-state index contributed by atoms with van der Waals surface area (Å²) in [6, 6.07) is 7.33. The molecule has 1 aromatic rings. The maximum absolute atomic E-state index is 12.1. The highest BCUT2D eigenvalue weighted by molar-refractivity contribution is 5.96. The first-order valence-corrected chi connectivity index (χ1v) is 6.66. The van der Waals surface area contributed by atoms with Crippen LogP contribution >= 0.6 is 0 Å². The lowest BCUT2D eigenvalue weighted by Gasteiger charge is -2.36. The molecule has 1 aliphatic rings. The van der Waals surface area contributed by atoms with Gasteiger partial charge in [0, 0.05) is 6.54 Å². The summed E-state index contributed by atoms with van der Waals surface area (Å²) in [5.74, 6) is -0.0717. The molecule has 0 spiro atoms. The molecule has 19 heavy (non-hydrogen) atoms. The van der Waals surface area contributed by atoms with Crippen LogP contribution in [0.1, 0.15) is 25.0 Å². The van der Waals surface area contributed by atoms with Crippen LogP contribution in [0.2, 0.25) is 0 Å². The van der Waals surface area contributed by atoms with Gasteiger partial charge < -0.3 is 10.2 Å². The van der Waals surface area contributed by atoms with Crippen molar-refractivity contribution < 1.29 is 9.59 Å². The topological polar surface area (TPSA) is 49.4 Å². The van der Waals surface area contributed by atoms with Gasteiger partial charge in [-0.15, -0.1) is 0 Å². The number of nitrogens with one attached hydrogen (secondary N) is 1. The first-order valence-electron chi connectivity index (χ1n) is 6.66. The third-order valence-corrected chi connectivity index (χ3v) is 3.74. The summed E-state index contributed by atoms with van der Waals surface area (Å²) < 4.78 is 0. The summed E-state index contributed by atoms with van der Waals surface area (Å²) in [5.41, 5.74) is 2.44. The van der Waals surface area contributed by atoms with Gasteiger partial charge in [-0.3, -0.25) is 9.59 Å². The zero-order valence-corrected chi connectivity index (χ0v) is 11.6. The molecule has 1 saturated heterocycles.